The molecule has 0 fully saturated rings. The predicted molar refractivity (Wildman–Crippen MR) is 51.1 cm³/mol. The van der Waals surface area contributed by atoms with Crippen LogP contribution in [0.4, 0.5) is 0 Å². The van der Waals surface area contributed by atoms with Crippen LogP contribution < -0.4 is 10.6 Å². The number of hydrogen-bond acceptors (Lipinski definition) is 2. The quantitative estimate of drug-likeness (QED) is 0.469. The minimum atomic E-state index is -0.223. The van der Waals surface area contributed by atoms with Crippen molar-refractivity contribution >= 4 is 11.8 Å². The fourth-order valence-electron chi connectivity index (χ4n) is 0.648. The third-order valence-corrected chi connectivity index (χ3v) is 1.43. The summed E-state index contributed by atoms with van der Waals surface area (Å²) < 4.78 is 0. The number of carbonyl (C=O) groups excluding carboxylic acids is 2. The molecule has 0 aromatic rings. The Labute approximate surface area is 78.4 Å². The minimum absolute atomic E-state index is 0.00662. The summed E-state index contributed by atoms with van der Waals surface area (Å²) in [6, 6.07) is 0. The molecule has 4 heteroatoms. The zero-order chi connectivity index (χ0) is 10.3. The Morgan fingerprint density at radius 2 is 1.85 bits per heavy atom. The Bertz CT molecular complexity index is 200. The van der Waals surface area contributed by atoms with Crippen LogP contribution in [0.5, 0.6) is 0 Å². The van der Waals surface area contributed by atoms with Gasteiger partial charge in [-0.3, -0.25) is 9.59 Å². The van der Waals surface area contributed by atoms with Crippen molar-refractivity contribution in [2.75, 3.05) is 13.1 Å². The van der Waals surface area contributed by atoms with Crippen LogP contribution in [0.3, 0.4) is 0 Å². The van der Waals surface area contributed by atoms with Crippen LogP contribution >= 0.6 is 0 Å². The number of amides is 2. The fraction of sp³-hybridized carbons (Fsp3) is 0.556. The Hall–Kier alpha value is -1.32. The van der Waals surface area contributed by atoms with Gasteiger partial charge in [0.05, 0.1) is 0 Å². The van der Waals surface area contributed by atoms with Gasteiger partial charge in [0.25, 0.3) is 0 Å². The first-order valence-corrected chi connectivity index (χ1v) is 4.26. The van der Waals surface area contributed by atoms with E-state index in [0.717, 1.165) is 0 Å². The molecule has 2 N–H and O–H groups in total. The lowest BCUT2D eigenvalue weighted by molar-refractivity contribution is -0.124. The predicted octanol–water partition coefficient (Wildman–Crippen LogP) is 0.0608. The van der Waals surface area contributed by atoms with Gasteiger partial charge in [0.1, 0.15) is 0 Å². The molecule has 0 bridgehead atoms. The molecule has 0 heterocycles. The number of nitrogens with one attached hydrogen (secondary N) is 2. The van der Waals surface area contributed by atoms with Crippen molar-refractivity contribution < 1.29 is 9.59 Å². The van der Waals surface area contributed by atoms with E-state index in [-0.39, 0.29) is 17.7 Å². The fourth-order valence-corrected chi connectivity index (χ4v) is 0.648. The molecule has 0 radical (unpaired) electrons. The van der Waals surface area contributed by atoms with Gasteiger partial charge in [0, 0.05) is 19.0 Å². The highest BCUT2D eigenvalue weighted by Gasteiger charge is 2.04. The van der Waals surface area contributed by atoms with Gasteiger partial charge < -0.3 is 10.6 Å². The Morgan fingerprint density at radius 1 is 1.31 bits per heavy atom. The zero-order valence-electron chi connectivity index (χ0n) is 8.09. The summed E-state index contributed by atoms with van der Waals surface area (Å²) in [6.07, 6.45) is 1.20. The Kier molecular flexibility index (Phi) is 5.59. The summed E-state index contributed by atoms with van der Waals surface area (Å²) in [6.45, 7) is 7.83. The molecule has 0 aromatic carbocycles. The molecule has 0 saturated heterocycles. The average Bonchev–Trinajstić information content (AvgIpc) is 2.11. The van der Waals surface area contributed by atoms with Crippen molar-refractivity contribution in [3.05, 3.63) is 12.7 Å². The second-order valence-corrected chi connectivity index (χ2v) is 2.94. The smallest absolute Gasteiger partial charge is 0.243 e. The maximum atomic E-state index is 11.0. The summed E-state index contributed by atoms with van der Waals surface area (Å²) >= 11 is 0. The first-order valence-electron chi connectivity index (χ1n) is 4.26. The molecule has 0 unspecified atom stereocenters. The third kappa shape index (κ3) is 5.90. The van der Waals surface area contributed by atoms with E-state index in [2.05, 4.69) is 17.2 Å². The van der Waals surface area contributed by atoms with Gasteiger partial charge in [0.15, 0.2) is 0 Å². The lowest BCUT2D eigenvalue weighted by Gasteiger charge is -2.07. The molecular weight excluding hydrogens is 168 g/mol. The number of carbonyl (C=O) groups is 2. The van der Waals surface area contributed by atoms with E-state index >= 15 is 0 Å². The maximum Gasteiger partial charge on any atom is 0.243 e. The van der Waals surface area contributed by atoms with Crippen LogP contribution in [0.25, 0.3) is 0 Å². The van der Waals surface area contributed by atoms with Gasteiger partial charge in [-0.05, 0) is 6.08 Å². The van der Waals surface area contributed by atoms with Crippen molar-refractivity contribution in [3.63, 3.8) is 0 Å². The topological polar surface area (TPSA) is 58.2 Å². The first-order chi connectivity index (χ1) is 6.07. The van der Waals surface area contributed by atoms with Crippen LogP contribution in [-0.2, 0) is 9.59 Å². The highest BCUT2D eigenvalue weighted by atomic mass is 16.2. The molecule has 0 aliphatic rings. The number of hydrogen-bond donors (Lipinski definition) is 2. The monoisotopic (exact) mass is 184 g/mol. The van der Waals surface area contributed by atoms with Gasteiger partial charge >= 0.3 is 0 Å². The Balaban J connectivity index is 3.41. The van der Waals surface area contributed by atoms with Crippen molar-refractivity contribution in [3.8, 4) is 0 Å². The zero-order valence-corrected chi connectivity index (χ0v) is 8.09. The van der Waals surface area contributed by atoms with Crippen molar-refractivity contribution in [2.24, 2.45) is 5.92 Å². The molecule has 0 spiro atoms. The van der Waals surface area contributed by atoms with Gasteiger partial charge in [-0.2, -0.15) is 0 Å². The molecule has 0 atom stereocenters. The third-order valence-electron chi connectivity index (χ3n) is 1.43. The van der Waals surface area contributed by atoms with Gasteiger partial charge in [-0.1, -0.05) is 20.4 Å². The lowest BCUT2D eigenvalue weighted by Crippen LogP contribution is -2.35. The van der Waals surface area contributed by atoms with Crippen molar-refractivity contribution in [2.45, 2.75) is 13.8 Å². The number of rotatable bonds is 5. The van der Waals surface area contributed by atoms with E-state index < -0.39 is 0 Å². The molecule has 0 saturated carbocycles. The van der Waals surface area contributed by atoms with Crippen LogP contribution in [0.2, 0.25) is 0 Å². The molecular formula is C9H16N2O2. The standard InChI is InChI=1S/C9H16N2O2/c1-4-8(12)10-5-6-11-9(13)7(2)3/h4,7H,1,5-6H2,2-3H3,(H,10,12)(H,11,13). The van der Waals surface area contributed by atoms with E-state index in [1.807, 2.05) is 13.8 Å². The van der Waals surface area contributed by atoms with E-state index in [4.69, 9.17) is 0 Å². The van der Waals surface area contributed by atoms with Crippen molar-refractivity contribution in [1.29, 1.82) is 0 Å². The van der Waals surface area contributed by atoms with Crippen LogP contribution in [0, 0.1) is 5.92 Å². The van der Waals surface area contributed by atoms with Crippen LogP contribution in [0.15, 0.2) is 12.7 Å². The minimum Gasteiger partial charge on any atom is -0.354 e. The van der Waals surface area contributed by atoms with Gasteiger partial charge in [-0.25, -0.2) is 0 Å². The summed E-state index contributed by atoms with van der Waals surface area (Å²) in [7, 11) is 0. The summed E-state index contributed by atoms with van der Waals surface area (Å²) in [5.41, 5.74) is 0. The second-order valence-electron chi connectivity index (χ2n) is 2.94. The molecule has 0 aliphatic carbocycles. The van der Waals surface area contributed by atoms with Gasteiger partial charge in [0.2, 0.25) is 11.8 Å². The van der Waals surface area contributed by atoms with E-state index in [1.165, 1.54) is 6.08 Å². The maximum absolute atomic E-state index is 11.0. The first kappa shape index (κ1) is 11.7. The molecule has 13 heavy (non-hydrogen) atoms. The molecule has 74 valence electrons. The lowest BCUT2D eigenvalue weighted by atomic mass is 10.2. The van der Waals surface area contributed by atoms with E-state index in [1.54, 1.807) is 0 Å². The van der Waals surface area contributed by atoms with Crippen molar-refractivity contribution in [1.82, 2.24) is 10.6 Å². The summed E-state index contributed by atoms with van der Waals surface area (Å²) in [5, 5.41) is 5.23. The second kappa shape index (κ2) is 6.22. The normalized spacial score (nSPS) is 9.46. The van der Waals surface area contributed by atoms with E-state index in [9.17, 15) is 9.59 Å². The van der Waals surface area contributed by atoms with Gasteiger partial charge in [-0.15, -0.1) is 0 Å². The van der Waals surface area contributed by atoms with Crippen LogP contribution in [-0.4, -0.2) is 24.9 Å². The largest absolute Gasteiger partial charge is 0.354 e. The SMILES string of the molecule is C=CC(=O)NCCNC(=O)C(C)C. The summed E-state index contributed by atoms with van der Waals surface area (Å²) in [4.78, 5) is 21.7. The summed E-state index contributed by atoms with van der Waals surface area (Å²) in [5.74, 6) is -0.248. The average molecular weight is 184 g/mol. The molecule has 4 nitrogen and oxygen atoms in total. The van der Waals surface area contributed by atoms with Crippen LogP contribution in [0.1, 0.15) is 13.8 Å². The Morgan fingerprint density at radius 3 is 2.31 bits per heavy atom. The van der Waals surface area contributed by atoms with E-state index in [0.29, 0.717) is 13.1 Å². The highest BCUT2D eigenvalue weighted by molar-refractivity contribution is 5.86. The molecule has 0 aromatic heterocycles. The molecule has 2 amide bonds. The highest BCUT2D eigenvalue weighted by Crippen LogP contribution is 1.88. The molecule has 0 rings (SSSR count). The molecule has 0 aliphatic heterocycles.